The molecule has 1 aromatic rings. The molecule has 0 aromatic heterocycles. The summed E-state index contributed by atoms with van der Waals surface area (Å²) in [6, 6.07) is 5.58. The molecule has 0 aliphatic carbocycles. The molecule has 3 heterocycles. The molecule has 2 atom stereocenters. The van der Waals surface area contributed by atoms with Crippen molar-refractivity contribution in [1.82, 2.24) is 4.90 Å². The first kappa shape index (κ1) is 18.1. The molecule has 3 aliphatic rings. The third-order valence-corrected chi connectivity index (χ3v) is 4.77. The molecule has 2 fully saturated rings. The van der Waals surface area contributed by atoms with E-state index in [4.69, 9.17) is 23.7 Å². The summed E-state index contributed by atoms with van der Waals surface area (Å²) in [5, 5.41) is 0. The first-order valence-corrected chi connectivity index (χ1v) is 9.08. The number of nitrogens with zero attached hydrogens (tertiary/aromatic N) is 1. The van der Waals surface area contributed by atoms with Crippen LogP contribution in [0.15, 0.2) is 18.2 Å². The minimum Gasteiger partial charge on any atom is -0.454 e. The maximum absolute atomic E-state index is 13.0. The van der Waals surface area contributed by atoms with Crippen molar-refractivity contribution in [2.75, 3.05) is 19.9 Å². The molecular formula is C19H23NO7. The quantitative estimate of drug-likeness (QED) is 0.721. The highest BCUT2D eigenvalue weighted by Gasteiger charge is 2.38. The van der Waals surface area contributed by atoms with Crippen molar-refractivity contribution in [3.63, 3.8) is 0 Å². The monoisotopic (exact) mass is 377 g/mol. The third kappa shape index (κ3) is 4.01. The van der Waals surface area contributed by atoms with Crippen LogP contribution in [0.4, 0.5) is 0 Å². The second-order valence-corrected chi connectivity index (χ2v) is 7.37. The SMILES string of the molecule is CC1(C)OC[C@@H](CN(Cc2ccc3c(c2)OCO3)C(=O)[C@@H]2CCC(=O)O2)O1. The van der Waals surface area contributed by atoms with Gasteiger partial charge in [-0.25, -0.2) is 0 Å². The molecule has 8 heteroatoms. The summed E-state index contributed by atoms with van der Waals surface area (Å²) in [6.07, 6.45) is -0.301. The molecule has 0 radical (unpaired) electrons. The van der Waals surface area contributed by atoms with E-state index in [9.17, 15) is 9.59 Å². The average molecular weight is 377 g/mol. The Hall–Kier alpha value is -2.32. The predicted octanol–water partition coefficient (Wildman–Crippen LogP) is 1.60. The van der Waals surface area contributed by atoms with Gasteiger partial charge in [0.15, 0.2) is 23.4 Å². The van der Waals surface area contributed by atoms with Crippen molar-refractivity contribution in [3.05, 3.63) is 23.8 Å². The summed E-state index contributed by atoms with van der Waals surface area (Å²) >= 11 is 0. The second-order valence-electron chi connectivity index (χ2n) is 7.37. The number of ether oxygens (including phenoxy) is 5. The van der Waals surface area contributed by atoms with Crippen LogP contribution in [0.2, 0.25) is 0 Å². The van der Waals surface area contributed by atoms with Gasteiger partial charge in [0.2, 0.25) is 6.79 Å². The van der Waals surface area contributed by atoms with Crippen LogP contribution in [0.1, 0.15) is 32.3 Å². The van der Waals surface area contributed by atoms with Crippen molar-refractivity contribution >= 4 is 11.9 Å². The molecule has 3 aliphatic heterocycles. The van der Waals surface area contributed by atoms with Gasteiger partial charge in [-0.15, -0.1) is 0 Å². The summed E-state index contributed by atoms with van der Waals surface area (Å²) in [4.78, 5) is 26.1. The van der Waals surface area contributed by atoms with Crippen molar-refractivity contribution < 1.29 is 33.3 Å². The number of amides is 1. The largest absolute Gasteiger partial charge is 0.454 e. The van der Waals surface area contributed by atoms with E-state index in [0.29, 0.717) is 37.6 Å². The number of hydrogen-bond donors (Lipinski definition) is 0. The van der Waals surface area contributed by atoms with E-state index >= 15 is 0 Å². The van der Waals surface area contributed by atoms with Gasteiger partial charge >= 0.3 is 5.97 Å². The predicted molar refractivity (Wildman–Crippen MR) is 92.0 cm³/mol. The van der Waals surface area contributed by atoms with E-state index in [-0.39, 0.29) is 31.2 Å². The van der Waals surface area contributed by atoms with E-state index < -0.39 is 11.9 Å². The number of cyclic esters (lactones) is 1. The Labute approximate surface area is 157 Å². The molecule has 0 saturated carbocycles. The lowest BCUT2D eigenvalue weighted by molar-refractivity contribution is -0.157. The first-order chi connectivity index (χ1) is 12.9. The fourth-order valence-corrected chi connectivity index (χ4v) is 3.49. The Balaban J connectivity index is 1.50. The van der Waals surface area contributed by atoms with Crippen LogP contribution in [0.5, 0.6) is 11.5 Å². The smallest absolute Gasteiger partial charge is 0.306 e. The lowest BCUT2D eigenvalue weighted by Crippen LogP contribution is -2.43. The van der Waals surface area contributed by atoms with E-state index in [1.165, 1.54) is 0 Å². The Bertz CT molecular complexity index is 748. The van der Waals surface area contributed by atoms with Crippen LogP contribution in [-0.2, 0) is 30.3 Å². The van der Waals surface area contributed by atoms with Crippen molar-refractivity contribution in [3.8, 4) is 11.5 Å². The molecule has 0 unspecified atom stereocenters. The second kappa shape index (κ2) is 7.01. The minimum absolute atomic E-state index is 0.196. The maximum atomic E-state index is 13.0. The lowest BCUT2D eigenvalue weighted by atomic mass is 10.1. The van der Waals surface area contributed by atoms with Crippen LogP contribution in [0, 0.1) is 0 Å². The van der Waals surface area contributed by atoms with Crippen LogP contribution < -0.4 is 9.47 Å². The number of esters is 1. The highest BCUT2D eigenvalue weighted by Crippen LogP contribution is 2.33. The van der Waals surface area contributed by atoms with Gasteiger partial charge in [0.1, 0.15) is 6.10 Å². The zero-order chi connectivity index (χ0) is 19.0. The Morgan fingerprint density at radius 2 is 2.07 bits per heavy atom. The number of rotatable bonds is 5. The maximum Gasteiger partial charge on any atom is 0.306 e. The number of hydrogen-bond acceptors (Lipinski definition) is 7. The molecule has 0 N–H and O–H groups in total. The molecule has 0 bridgehead atoms. The molecule has 8 nitrogen and oxygen atoms in total. The highest BCUT2D eigenvalue weighted by molar-refractivity contribution is 5.86. The zero-order valence-electron chi connectivity index (χ0n) is 15.4. The molecule has 4 rings (SSSR count). The summed E-state index contributed by atoms with van der Waals surface area (Å²) in [5.41, 5.74) is 0.898. The van der Waals surface area contributed by atoms with Gasteiger partial charge in [0.05, 0.1) is 6.61 Å². The molecule has 146 valence electrons. The summed E-state index contributed by atoms with van der Waals surface area (Å²) in [7, 11) is 0. The molecule has 1 amide bonds. The fourth-order valence-electron chi connectivity index (χ4n) is 3.49. The van der Waals surface area contributed by atoms with Gasteiger partial charge in [-0.2, -0.15) is 0 Å². The molecule has 1 aromatic carbocycles. The number of benzene rings is 1. The summed E-state index contributed by atoms with van der Waals surface area (Å²) in [6.45, 7) is 4.99. The average Bonchev–Trinajstić information content (AvgIpc) is 3.33. The van der Waals surface area contributed by atoms with E-state index in [0.717, 1.165) is 5.56 Å². The molecule has 2 saturated heterocycles. The first-order valence-electron chi connectivity index (χ1n) is 9.08. The number of carbonyl (C=O) groups excluding carboxylic acids is 2. The fraction of sp³-hybridized carbons (Fsp3) is 0.579. The highest BCUT2D eigenvalue weighted by atomic mass is 16.7. The number of carbonyl (C=O) groups is 2. The number of fused-ring (bicyclic) bond motifs is 1. The Morgan fingerprint density at radius 1 is 1.26 bits per heavy atom. The Kier molecular flexibility index (Phi) is 4.69. The van der Waals surface area contributed by atoms with Crippen LogP contribution >= 0.6 is 0 Å². The van der Waals surface area contributed by atoms with Crippen LogP contribution in [-0.4, -0.2) is 54.7 Å². The van der Waals surface area contributed by atoms with Crippen molar-refractivity contribution in [2.24, 2.45) is 0 Å². The third-order valence-electron chi connectivity index (χ3n) is 4.77. The van der Waals surface area contributed by atoms with Gasteiger partial charge in [0, 0.05) is 25.9 Å². The van der Waals surface area contributed by atoms with Crippen LogP contribution in [0.3, 0.4) is 0 Å². The minimum atomic E-state index is -0.734. The van der Waals surface area contributed by atoms with Gasteiger partial charge in [-0.05, 0) is 31.5 Å². The van der Waals surface area contributed by atoms with E-state index in [1.54, 1.807) is 4.90 Å². The normalized spacial score (nSPS) is 25.5. The van der Waals surface area contributed by atoms with Gasteiger partial charge in [-0.3, -0.25) is 9.59 Å². The summed E-state index contributed by atoms with van der Waals surface area (Å²) < 4.78 is 27.4. The van der Waals surface area contributed by atoms with Gasteiger partial charge < -0.3 is 28.6 Å². The topological polar surface area (TPSA) is 83.5 Å². The van der Waals surface area contributed by atoms with Crippen LogP contribution in [0.25, 0.3) is 0 Å². The van der Waals surface area contributed by atoms with Gasteiger partial charge in [-0.1, -0.05) is 6.07 Å². The standard InChI is InChI=1S/C19H23NO7/c1-19(2)25-10-13(27-19)9-20(18(22)15-5-6-17(21)26-15)8-12-3-4-14-16(7-12)24-11-23-14/h3-4,7,13,15H,5-6,8-11H2,1-2H3/t13-,15+/m1/s1. The Morgan fingerprint density at radius 3 is 2.78 bits per heavy atom. The zero-order valence-corrected chi connectivity index (χ0v) is 15.4. The van der Waals surface area contributed by atoms with E-state index in [2.05, 4.69) is 0 Å². The van der Waals surface area contributed by atoms with Crippen molar-refractivity contribution in [2.45, 2.75) is 51.2 Å². The lowest BCUT2D eigenvalue weighted by Gasteiger charge is -2.28. The summed E-state index contributed by atoms with van der Waals surface area (Å²) in [5.74, 6) is 0.131. The van der Waals surface area contributed by atoms with E-state index in [1.807, 2.05) is 32.0 Å². The van der Waals surface area contributed by atoms with Gasteiger partial charge in [0.25, 0.3) is 5.91 Å². The van der Waals surface area contributed by atoms with Crippen molar-refractivity contribution in [1.29, 1.82) is 0 Å². The molecular weight excluding hydrogens is 354 g/mol. The molecule has 27 heavy (non-hydrogen) atoms. The molecule has 0 spiro atoms.